The fraction of sp³-hybridized carbons (Fsp3) is 0.500. The zero-order valence-electron chi connectivity index (χ0n) is 10.5. The van der Waals surface area contributed by atoms with Crippen molar-refractivity contribution in [1.82, 2.24) is 0 Å². The molecule has 0 aliphatic rings. The number of rotatable bonds is 5. The molecule has 18 heavy (non-hydrogen) atoms. The first-order chi connectivity index (χ1) is 8.24. The highest BCUT2D eigenvalue weighted by atomic mass is 35.5. The third-order valence-corrected chi connectivity index (χ3v) is 3.12. The third-order valence-electron chi connectivity index (χ3n) is 2.88. The van der Waals surface area contributed by atoms with Crippen LogP contribution in [0.1, 0.15) is 20.8 Å². The number of benzene rings is 1. The number of nitrogens with zero attached hydrogens (tertiary/aromatic N) is 1. The zero-order chi connectivity index (χ0) is 13.9. The molecule has 1 N–H and O–H groups in total. The van der Waals surface area contributed by atoms with Crippen molar-refractivity contribution >= 4 is 17.3 Å². The van der Waals surface area contributed by atoms with E-state index in [0.717, 1.165) is 0 Å². The number of hydrogen-bond acceptors (Lipinski definition) is 4. The Labute approximate surface area is 110 Å². The van der Waals surface area contributed by atoms with Gasteiger partial charge in [0.15, 0.2) is 5.75 Å². The topological polar surface area (TPSA) is 72.6 Å². The second kappa shape index (κ2) is 5.54. The Morgan fingerprint density at radius 3 is 2.67 bits per heavy atom. The van der Waals surface area contributed by atoms with Crippen molar-refractivity contribution in [3.63, 3.8) is 0 Å². The zero-order valence-corrected chi connectivity index (χ0v) is 11.3. The van der Waals surface area contributed by atoms with Gasteiger partial charge in [-0.05, 0) is 25.0 Å². The Kier molecular flexibility index (Phi) is 4.53. The molecule has 0 saturated carbocycles. The first-order valence-corrected chi connectivity index (χ1v) is 5.91. The molecule has 6 heteroatoms. The molecule has 0 radical (unpaired) electrons. The van der Waals surface area contributed by atoms with Gasteiger partial charge in [0.1, 0.15) is 6.61 Å². The second-order valence-corrected chi connectivity index (χ2v) is 5.11. The van der Waals surface area contributed by atoms with Crippen molar-refractivity contribution in [1.29, 1.82) is 0 Å². The summed E-state index contributed by atoms with van der Waals surface area (Å²) in [5.41, 5.74) is -1.25. The molecule has 0 aliphatic carbocycles. The minimum absolute atomic E-state index is 0.0207. The van der Waals surface area contributed by atoms with Crippen molar-refractivity contribution in [2.75, 3.05) is 6.61 Å². The van der Waals surface area contributed by atoms with E-state index in [1.54, 1.807) is 6.92 Å². The summed E-state index contributed by atoms with van der Waals surface area (Å²) in [5.74, 6) is 0.0779. The van der Waals surface area contributed by atoms with Gasteiger partial charge in [-0.3, -0.25) is 10.1 Å². The lowest BCUT2D eigenvalue weighted by atomic mass is 9.94. The summed E-state index contributed by atoms with van der Waals surface area (Å²) < 4.78 is 5.33. The van der Waals surface area contributed by atoms with E-state index in [1.165, 1.54) is 18.2 Å². The van der Waals surface area contributed by atoms with E-state index in [2.05, 4.69) is 0 Å². The van der Waals surface area contributed by atoms with E-state index >= 15 is 0 Å². The van der Waals surface area contributed by atoms with Crippen molar-refractivity contribution in [2.24, 2.45) is 5.92 Å². The highest BCUT2D eigenvalue weighted by Gasteiger charge is 2.27. The molecule has 0 heterocycles. The lowest BCUT2D eigenvalue weighted by molar-refractivity contribution is -0.386. The number of hydrogen-bond donors (Lipinski definition) is 1. The number of ether oxygens (including phenoxy) is 1. The van der Waals surface area contributed by atoms with E-state index in [-0.39, 0.29) is 29.0 Å². The molecule has 1 rings (SSSR count). The van der Waals surface area contributed by atoms with Gasteiger partial charge in [0.25, 0.3) is 0 Å². The van der Waals surface area contributed by atoms with Gasteiger partial charge >= 0.3 is 5.69 Å². The standard InChI is InChI=1S/C12H16ClNO4/c1-8(2)12(3,15)7-18-11-5-4-9(13)6-10(11)14(16)17/h4-6,8,15H,7H2,1-3H3. The van der Waals surface area contributed by atoms with Crippen LogP contribution in [-0.4, -0.2) is 22.2 Å². The van der Waals surface area contributed by atoms with Gasteiger partial charge in [-0.15, -0.1) is 0 Å². The summed E-state index contributed by atoms with van der Waals surface area (Å²) in [4.78, 5) is 10.3. The smallest absolute Gasteiger partial charge is 0.312 e. The largest absolute Gasteiger partial charge is 0.484 e. The van der Waals surface area contributed by atoms with Crippen molar-refractivity contribution in [3.8, 4) is 5.75 Å². The molecule has 1 unspecified atom stereocenters. The monoisotopic (exact) mass is 273 g/mol. The van der Waals surface area contributed by atoms with Gasteiger partial charge < -0.3 is 9.84 Å². The average molecular weight is 274 g/mol. The number of aliphatic hydroxyl groups is 1. The molecule has 0 amide bonds. The highest BCUT2D eigenvalue weighted by Crippen LogP contribution is 2.31. The molecular formula is C12H16ClNO4. The Balaban J connectivity index is 2.89. The molecule has 0 spiro atoms. The third kappa shape index (κ3) is 3.58. The summed E-state index contributed by atoms with van der Waals surface area (Å²) in [6.45, 7) is 5.30. The Hall–Kier alpha value is -1.33. The summed E-state index contributed by atoms with van der Waals surface area (Å²) in [6.07, 6.45) is 0. The molecule has 0 aliphatic heterocycles. The van der Waals surface area contributed by atoms with Crippen molar-refractivity contribution < 1.29 is 14.8 Å². The summed E-state index contributed by atoms with van der Waals surface area (Å²) in [5, 5.41) is 21.1. The van der Waals surface area contributed by atoms with Crippen LogP contribution in [0, 0.1) is 16.0 Å². The van der Waals surface area contributed by atoms with E-state index in [9.17, 15) is 15.2 Å². The lowest BCUT2D eigenvalue weighted by Crippen LogP contribution is -2.37. The molecule has 5 nitrogen and oxygen atoms in total. The maximum absolute atomic E-state index is 10.8. The Bertz CT molecular complexity index is 446. The number of halogens is 1. The van der Waals surface area contributed by atoms with Gasteiger partial charge in [-0.25, -0.2) is 0 Å². The maximum atomic E-state index is 10.8. The average Bonchev–Trinajstić information content (AvgIpc) is 2.27. The highest BCUT2D eigenvalue weighted by molar-refractivity contribution is 6.30. The van der Waals surface area contributed by atoms with Crippen LogP contribution in [0.2, 0.25) is 5.02 Å². The van der Waals surface area contributed by atoms with Gasteiger partial charge in [0, 0.05) is 11.1 Å². The van der Waals surface area contributed by atoms with Crippen LogP contribution >= 0.6 is 11.6 Å². The summed E-state index contributed by atoms with van der Waals surface area (Å²) >= 11 is 5.69. The lowest BCUT2D eigenvalue weighted by Gasteiger charge is -2.27. The Morgan fingerprint density at radius 1 is 1.56 bits per heavy atom. The normalized spacial score (nSPS) is 14.3. The van der Waals surface area contributed by atoms with Crippen LogP contribution in [0.3, 0.4) is 0 Å². The minimum Gasteiger partial charge on any atom is -0.484 e. The van der Waals surface area contributed by atoms with Crippen LogP contribution in [0.25, 0.3) is 0 Å². The molecule has 1 atom stereocenters. The fourth-order valence-corrected chi connectivity index (χ4v) is 1.31. The molecule has 0 saturated heterocycles. The van der Waals surface area contributed by atoms with Gasteiger partial charge in [-0.2, -0.15) is 0 Å². The van der Waals surface area contributed by atoms with E-state index in [4.69, 9.17) is 16.3 Å². The molecule has 0 bridgehead atoms. The summed E-state index contributed by atoms with van der Waals surface area (Å²) in [7, 11) is 0. The number of nitro benzene ring substituents is 1. The number of nitro groups is 1. The second-order valence-electron chi connectivity index (χ2n) is 4.67. The van der Waals surface area contributed by atoms with Crippen LogP contribution in [0.5, 0.6) is 5.75 Å². The van der Waals surface area contributed by atoms with Gasteiger partial charge in [0.05, 0.1) is 10.5 Å². The Morgan fingerprint density at radius 2 is 2.17 bits per heavy atom. The fourth-order valence-electron chi connectivity index (χ4n) is 1.15. The van der Waals surface area contributed by atoms with E-state index in [1.807, 2.05) is 13.8 Å². The minimum atomic E-state index is -1.05. The molecule has 1 aromatic rings. The van der Waals surface area contributed by atoms with Gasteiger partial charge in [0.2, 0.25) is 0 Å². The molecule has 100 valence electrons. The van der Waals surface area contributed by atoms with E-state index < -0.39 is 10.5 Å². The maximum Gasteiger partial charge on any atom is 0.312 e. The first-order valence-electron chi connectivity index (χ1n) is 5.53. The van der Waals surface area contributed by atoms with E-state index in [0.29, 0.717) is 0 Å². The quantitative estimate of drug-likeness (QED) is 0.661. The predicted molar refractivity (Wildman–Crippen MR) is 69.1 cm³/mol. The first kappa shape index (κ1) is 14.7. The van der Waals surface area contributed by atoms with Crippen molar-refractivity contribution in [2.45, 2.75) is 26.4 Å². The molecular weight excluding hydrogens is 258 g/mol. The molecule has 1 aromatic carbocycles. The predicted octanol–water partition coefficient (Wildman–Crippen LogP) is 3.03. The van der Waals surface area contributed by atoms with Crippen LogP contribution in [-0.2, 0) is 0 Å². The van der Waals surface area contributed by atoms with Crippen molar-refractivity contribution in [3.05, 3.63) is 33.3 Å². The molecule has 0 aromatic heterocycles. The van der Waals surface area contributed by atoms with Crippen LogP contribution in [0.4, 0.5) is 5.69 Å². The van der Waals surface area contributed by atoms with Gasteiger partial charge in [-0.1, -0.05) is 25.4 Å². The van der Waals surface area contributed by atoms with Crippen LogP contribution < -0.4 is 4.74 Å². The summed E-state index contributed by atoms with van der Waals surface area (Å²) in [6, 6.07) is 4.16. The van der Waals surface area contributed by atoms with Crippen LogP contribution in [0.15, 0.2) is 18.2 Å². The SMILES string of the molecule is CC(C)C(C)(O)COc1ccc(Cl)cc1[N+](=O)[O-]. The molecule has 0 fully saturated rings.